The third-order valence-corrected chi connectivity index (χ3v) is 3.26. The van der Waals surface area contributed by atoms with Crippen LogP contribution in [0.4, 0.5) is 0 Å². The lowest BCUT2D eigenvalue weighted by atomic mass is 9.78. The number of carbonyl (C=O) groups excluding carboxylic acids is 1. The third-order valence-electron chi connectivity index (χ3n) is 3.26. The van der Waals surface area contributed by atoms with Gasteiger partial charge in [0.05, 0.1) is 6.61 Å². The lowest BCUT2D eigenvalue weighted by molar-refractivity contribution is -0.131. The Balaban J connectivity index is 2.02. The van der Waals surface area contributed by atoms with Crippen LogP contribution in [0.3, 0.4) is 0 Å². The van der Waals surface area contributed by atoms with Gasteiger partial charge in [0.1, 0.15) is 5.78 Å². The number of nitrogens with one attached hydrogen (secondary N) is 1. The van der Waals surface area contributed by atoms with Gasteiger partial charge in [-0.15, -0.1) is 0 Å². The quantitative estimate of drug-likeness (QED) is 0.681. The maximum atomic E-state index is 12.0. The van der Waals surface area contributed by atoms with Crippen LogP contribution in [-0.4, -0.2) is 32.1 Å². The molecule has 2 saturated heterocycles. The molecule has 2 heterocycles. The van der Waals surface area contributed by atoms with Crippen LogP contribution in [0.5, 0.6) is 0 Å². The molecule has 0 aromatic carbocycles. The Labute approximate surface area is 78.8 Å². The third kappa shape index (κ3) is 1.63. The molecule has 2 aliphatic heterocycles. The van der Waals surface area contributed by atoms with Gasteiger partial charge in [-0.2, -0.15) is 0 Å². The van der Waals surface area contributed by atoms with Crippen molar-refractivity contribution >= 4 is 5.78 Å². The van der Waals surface area contributed by atoms with E-state index in [0.717, 1.165) is 32.5 Å². The zero-order valence-corrected chi connectivity index (χ0v) is 8.14. The van der Waals surface area contributed by atoms with Gasteiger partial charge in [-0.25, -0.2) is 0 Å². The summed E-state index contributed by atoms with van der Waals surface area (Å²) in [7, 11) is 0. The molecule has 1 N–H and O–H groups in total. The van der Waals surface area contributed by atoms with Crippen molar-refractivity contribution < 1.29 is 9.53 Å². The fourth-order valence-electron chi connectivity index (χ4n) is 2.26. The van der Waals surface area contributed by atoms with Crippen molar-refractivity contribution in [3.8, 4) is 0 Å². The average molecular weight is 183 g/mol. The minimum absolute atomic E-state index is 0.113. The van der Waals surface area contributed by atoms with E-state index in [2.05, 4.69) is 12.2 Å². The van der Waals surface area contributed by atoms with Crippen LogP contribution in [0, 0.1) is 11.3 Å². The van der Waals surface area contributed by atoms with Crippen molar-refractivity contribution in [3.05, 3.63) is 0 Å². The van der Waals surface area contributed by atoms with E-state index in [0.29, 0.717) is 12.4 Å². The predicted octanol–water partition coefficient (Wildman–Crippen LogP) is 0.592. The SMILES string of the molecule is CC1(C(=O)C2CCOC2)CCNC1. The monoisotopic (exact) mass is 183 g/mol. The molecule has 3 nitrogen and oxygen atoms in total. The average Bonchev–Trinajstić information content (AvgIpc) is 2.73. The fourth-order valence-corrected chi connectivity index (χ4v) is 2.26. The Bertz CT molecular complexity index is 203. The van der Waals surface area contributed by atoms with Crippen LogP contribution in [0.2, 0.25) is 0 Å². The number of Topliss-reactive ketones (excluding diaryl/α,β-unsaturated/α-hetero) is 1. The summed E-state index contributed by atoms with van der Waals surface area (Å²) in [4.78, 5) is 12.0. The molecule has 0 saturated carbocycles. The molecule has 13 heavy (non-hydrogen) atoms. The van der Waals surface area contributed by atoms with Gasteiger partial charge < -0.3 is 10.1 Å². The van der Waals surface area contributed by atoms with E-state index < -0.39 is 0 Å². The first-order valence-corrected chi connectivity index (χ1v) is 5.05. The highest BCUT2D eigenvalue weighted by molar-refractivity contribution is 5.87. The van der Waals surface area contributed by atoms with E-state index in [1.165, 1.54) is 0 Å². The molecule has 0 spiro atoms. The van der Waals surface area contributed by atoms with Crippen molar-refractivity contribution in [2.45, 2.75) is 19.8 Å². The maximum Gasteiger partial charge on any atom is 0.145 e. The second-order valence-corrected chi connectivity index (χ2v) is 4.41. The summed E-state index contributed by atoms with van der Waals surface area (Å²) < 4.78 is 5.24. The largest absolute Gasteiger partial charge is 0.381 e. The zero-order chi connectivity index (χ0) is 9.31. The fraction of sp³-hybridized carbons (Fsp3) is 0.900. The van der Waals surface area contributed by atoms with Crippen molar-refractivity contribution in [1.29, 1.82) is 0 Å². The highest BCUT2D eigenvalue weighted by atomic mass is 16.5. The summed E-state index contributed by atoms with van der Waals surface area (Å²) >= 11 is 0. The van der Waals surface area contributed by atoms with E-state index >= 15 is 0 Å². The van der Waals surface area contributed by atoms with Crippen molar-refractivity contribution in [2.24, 2.45) is 11.3 Å². The molecule has 0 aromatic heterocycles. The molecule has 2 fully saturated rings. The Morgan fingerprint density at radius 3 is 3.00 bits per heavy atom. The smallest absolute Gasteiger partial charge is 0.145 e. The first-order valence-electron chi connectivity index (χ1n) is 5.05. The lowest BCUT2D eigenvalue weighted by Crippen LogP contribution is -2.35. The summed E-state index contributed by atoms with van der Waals surface area (Å²) in [5.74, 6) is 0.583. The first-order chi connectivity index (χ1) is 6.22. The number of ether oxygens (including phenoxy) is 1. The Morgan fingerprint density at radius 2 is 2.46 bits per heavy atom. The molecule has 2 atom stereocenters. The summed E-state index contributed by atoms with van der Waals surface area (Å²) in [5, 5.41) is 3.26. The van der Waals surface area contributed by atoms with Crippen LogP contribution in [-0.2, 0) is 9.53 Å². The van der Waals surface area contributed by atoms with E-state index in [4.69, 9.17) is 4.74 Å². The second kappa shape index (κ2) is 3.39. The molecule has 0 bridgehead atoms. The number of carbonyl (C=O) groups is 1. The molecule has 2 aliphatic rings. The van der Waals surface area contributed by atoms with Crippen LogP contribution in [0.15, 0.2) is 0 Å². The second-order valence-electron chi connectivity index (χ2n) is 4.41. The molecule has 0 amide bonds. The lowest BCUT2D eigenvalue weighted by Gasteiger charge is -2.23. The molecule has 2 rings (SSSR count). The minimum Gasteiger partial charge on any atom is -0.381 e. The molecule has 0 radical (unpaired) electrons. The molecule has 2 unspecified atom stereocenters. The predicted molar refractivity (Wildman–Crippen MR) is 49.5 cm³/mol. The van der Waals surface area contributed by atoms with Crippen molar-refractivity contribution in [3.63, 3.8) is 0 Å². The van der Waals surface area contributed by atoms with Gasteiger partial charge in [0.2, 0.25) is 0 Å². The Kier molecular flexibility index (Phi) is 2.39. The Morgan fingerprint density at radius 1 is 1.62 bits per heavy atom. The molecular weight excluding hydrogens is 166 g/mol. The topological polar surface area (TPSA) is 38.3 Å². The molecule has 0 aromatic rings. The van der Waals surface area contributed by atoms with Gasteiger partial charge in [0.15, 0.2) is 0 Å². The highest BCUT2D eigenvalue weighted by Crippen LogP contribution is 2.31. The van der Waals surface area contributed by atoms with Crippen LogP contribution >= 0.6 is 0 Å². The molecular formula is C10H17NO2. The van der Waals surface area contributed by atoms with Crippen molar-refractivity contribution in [2.75, 3.05) is 26.3 Å². The van der Waals surface area contributed by atoms with E-state index in [1.54, 1.807) is 0 Å². The van der Waals surface area contributed by atoms with Crippen LogP contribution in [0.25, 0.3) is 0 Å². The Hall–Kier alpha value is -0.410. The van der Waals surface area contributed by atoms with Gasteiger partial charge in [0, 0.05) is 24.5 Å². The van der Waals surface area contributed by atoms with E-state index in [1.807, 2.05) is 0 Å². The summed E-state index contributed by atoms with van der Waals surface area (Å²) in [6, 6.07) is 0. The van der Waals surface area contributed by atoms with Gasteiger partial charge in [-0.3, -0.25) is 4.79 Å². The zero-order valence-electron chi connectivity index (χ0n) is 8.14. The van der Waals surface area contributed by atoms with Gasteiger partial charge >= 0.3 is 0 Å². The normalized spacial score (nSPS) is 39.6. The summed E-state index contributed by atoms with van der Waals surface area (Å²) in [6.07, 6.45) is 1.91. The molecule has 0 aliphatic carbocycles. The van der Waals surface area contributed by atoms with Crippen LogP contribution in [0.1, 0.15) is 19.8 Å². The summed E-state index contributed by atoms with van der Waals surface area (Å²) in [6.45, 7) is 5.32. The minimum atomic E-state index is -0.113. The van der Waals surface area contributed by atoms with E-state index in [-0.39, 0.29) is 11.3 Å². The van der Waals surface area contributed by atoms with Crippen LogP contribution < -0.4 is 5.32 Å². The first kappa shape index (κ1) is 9.16. The molecule has 3 heteroatoms. The number of hydrogen-bond acceptors (Lipinski definition) is 3. The maximum absolute atomic E-state index is 12.0. The van der Waals surface area contributed by atoms with Gasteiger partial charge in [-0.05, 0) is 19.4 Å². The van der Waals surface area contributed by atoms with E-state index in [9.17, 15) is 4.79 Å². The molecule has 74 valence electrons. The number of rotatable bonds is 2. The highest BCUT2D eigenvalue weighted by Gasteiger charge is 2.40. The summed E-state index contributed by atoms with van der Waals surface area (Å²) in [5.41, 5.74) is -0.113. The standard InChI is InChI=1S/C10H17NO2/c1-10(3-4-11-7-10)9(12)8-2-5-13-6-8/h8,11H,2-7H2,1H3. The number of hydrogen-bond donors (Lipinski definition) is 1. The van der Waals surface area contributed by atoms with Gasteiger partial charge in [0.25, 0.3) is 0 Å². The van der Waals surface area contributed by atoms with Gasteiger partial charge in [-0.1, -0.05) is 6.92 Å². The number of ketones is 1. The van der Waals surface area contributed by atoms with Crippen molar-refractivity contribution in [1.82, 2.24) is 5.32 Å².